The van der Waals surface area contributed by atoms with Crippen LogP contribution in [0.2, 0.25) is 0 Å². The number of likely N-dealkylation sites (N-methyl/N-ethyl adjacent to an activating group) is 1. The molecule has 4 nitrogen and oxygen atoms in total. The molecule has 0 aromatic rings. The topological polar surface area (TPSA) is 38.7 Å². The van der Waals surface area contributed by atoms with Crippen molar-refractivity contribution in [1.29, 1.82) is 0 Å². The number of likely N-dealkylation sites (tertiary alicyclic amines) is 1. The van der Waals surface area contributed by atoms with E-state index in [0.717, 1.165) is 12.8 Å². The van der Waals surface area contributed by atoms with E-state index in [4.69, 9.17) is 0 Å². The summed E-state index contributed by atoms with van der Waals surface area (Å²) in [7, 11) is 4.36. The van der Waals surface area contributed by atoms with Crippen LogP contribution in [0.4, 0.5) is 0 Å². The Morgan fingerprint density at radius 3 is 2.63 bits per heavy atom. The summed E-state index contributed by atoms with van der Waals surface area (Å²) < 4.78 is 0. The number of aliphatic hydroxyl groups is 1. The Morgan fingerprint density at radius 1 is 1.37 bits per heavy atom. The molecule has 3 atom stereocenters. The Kier molecular flexibility index (Phi) is 4.88. The Bertz CT molecular complexity index is 295. The van der Waals surface area contributed by atoms with Crippen molar-refractivity contribution in [2.45, 2.75) is 63.2 Å². The van der Waals surface area contributed by atoms with Crippen molar-refractivity contribution in [3.63, 3.8) is 0 Å². The lowest BCUT2D eigenvalue weighted by Gasteiger charge is -2.32. The van der Waals surface area contributed by atoms with E-state index in [1.807, 2.05) is 0 Å². The third kappa shape index (κ3) is 3.48. The van der Waals surface area contributed by atoms with Crippen molar-refractivity contribution in [1.82, 2.24) is 15.1 Å². The SMILES string of the molecule is CC(C)NC1(CO)CCC(N2CCC(N(C)C)C2)C1. The molecule has 0 radical (unpaired) electrons. The normalized spacial score (nSPS) is 36.8. The summed E-state index contributed by atoms with van der Waals surface area (Å²) in [6, 6.07) is 1.81. The maximum Gasteiger partial charge on any atom is 0.0614 e. The van der Waals surface area contributed by atoms with Crippen molar-refractivity contribution in [2.75, 3.05) is 33.8 Å². The fourth-order valence-corrected chi connectivity index (χ4v) is 3.86. The van der Waals surface area contributed by atoms with Gasteiger partial charge in [-0.1, -0.05) is 13.8 Å². The van der Waals surface area contributed by atoms with Gasteiger partial charge in [0.15, 0.2) is 0 Å². The smallest absolute Gasteiger partial charge is 0.0614 e. The molecule has 2 rings (SSSR count). The van der Waals surface area contributed by atoms with Crippen molar-refractivity contribution in [2.24, 2.45) is 0 Å². The summed E-state index contributed by atoms with van der Waals surface area (Å²) in [4.78, 5) is 4.99. The first-order valence-corrected chi connectivity index (χ1v) is 7.75. The quantitative estimate of drug-likeness (QED) is 0.778. The molecule has 1 aliphatic heterocycles. The third-order valence-electron chi connectivity index (χ3n) is 4.92. The predicted molar refractivity (Wildman–Crippen MR) is 79.4 cm³/mol. The first-order chi connectivity index (χ1) is 8.96. The highest BCUT2D eigenvalue weighted by atomic mass is 16.3. The van der Waals surface area contributed by atoms with E-state index in [-0.39, 0.29) is 12.1 Å². The second-order valence-electron chi connectivity index (χ2n) is 7.04. The fraction of sp³-hybridized carbons (Fsp3) is 1.00. The van der Waals surface area contributed by atoms with E-state index in [1.165, 1.54) is 25.9 Å². The van der Waals surface area contributed by atoms with Gasteiger partial charge in [0.2, 0.25) is 0 Å². The number of nitrogens with zero attached hydrogens (tertiary/aromatic N) is 2. The van der Waals surface area contributed by atoms with Crippen molar-refractivity contribution >= 4 is 0 Å². The molecule has 112 valence electrons. The summed E-state index contributed by atoms with van der Waals surface area (Å²) in [5, 5.41) is 13.4. The molecule has 2 N–H and O–H groups in total. The number of rotatable bonds is 5. The molecule has 0 spiro atoms. The summed E-state index contributed by atoms with van der Waals surface area (Å²) in [6.07, 6.45) is 4.71. The molecule has 2 fully saturated rings. The molecule has 1 aliphatic carbocycles. The Morgan fingerprint density at radius 2 is 2.11 bits per heavy atom. The van der Waals surface area contributed by atoms with Gasteiger partial charge in [-0.25, -0.2) is 0 Å². The molecule has 0 bridgehead atoms. The zero-order chi connectivity index (χ0) is 14.0. The fourth-order valence-electron chi connectivity index (χ4n) is 3.86. The molecule has 0 aromatic heterocycles. The van der Waals surface area contributed by atoms with Gasteiger partial charge in [0.05, 0.1) is 6.61 Å². The molecule has 2 aliphatic rings. The highest BCUT2D eigenvalue weighted by Crippen LogP contribution is 2.35. The van der Waals surface area contributed by atoms with E-state index < -0.39 is 0 Å². The van der Waals surface area contributed by atoms with Crippen LogP contribution >= 0.6 is 0 Å². The van der Waals surface area contributed by atoms with E-state index in [9.17, 15) is 5.11 Å². The highest BCUT2D eigenvalue weighted by molar-refractivity contribution is 5.01. The minimum Gasteiger partial charge on any atom is -0.394 e. The zero-order valence-corrected chi connectivity index (χ0v) is 13.0. The minimum absolute atomic E-state index is 0.0327. The van der Waals surface area contributed by atoms with Gasteiger partial charge in [0, 0.05) is 36.8 Å². The number of nitrogens with one attached hydrogen (secondary N) is 1. The van der Waals surface area contributed by atoms with Crippen LogP contribution in [0.3, 0.4) is 0 Å². The lowest BCUT2D eigenvalue weighted by Crippen LogP contribution is -2.50. The lowest BCUT2D eigenvalue weighted by molar-refractivity contribution is 0.140. The molecular weight excluding hydrogens is 238 g/mol. The largest absolute Gasteiger partial charge is 0.394 e. The standard InChI is InChI=1S/C15H31N3O/c1-12(2)16-15(11-19)7-5-13(9-15)18-8-6-14(10-18)17(3)4/h12-14,16,19H,5-11H2,1-4H3. The van der Waals surface area contributed by atoms with E-state index in [2.05, 4.69) is 43.1 Å². The first kappa shape index (κ1) is 15.2. The number of aliphatic hydroxyl groups excluding tert-OH is 1. The van der Waals surface area contributed by atoms with Crippen molar-refractivity contribution in [3.05, 3.63) is 0 Å². The Hall–Kier alpha value is -0.160. The highest BCUT2D eigenvalue weighted by Gasteiger charge is 2.42. The maximum atomic E-state index is 9.78. The van der Waals surface area contributed by atoms with Gasteiger partial charge in [-0.05, 0) is 39.8 Å². The Labute approximate surface area is 118 Å². The minimum atomic E-state index is -0.0327. The molecule has 19 heavy (non-hydrogen) atoms. The average molecular weight is 269 g/mol. The monoisotopic (exact) mass is 269 g/mol. The van der Waals surface area contributed by atoms with Crippen LogP contribution in [0.5, 0.6) is 0 Å². The lowest BCUT2D eigenvalue weighted by atomic mass is 9.97. The molecule has 1 saturated carbocycles. The van der Waals surface area contributed by atoms with Crippen molar-refractivity contribution < 1.29 is 5.11 Å². The number of hydrogen-bond donors (Lipinski definition) is 2. The van der Waals surface area contributed by atoms with Crippen LogP contribution in [0.1, 0.15) is 39.5 Å². The van der Waals surface area contributed by atoms with Crippen molar-refractivity contribution in [3.8, 4) is 0 Å². The third-order valence-corrected chi connectivity index (χ3v) is 4.92. The van der Waals surface area contributed by atoms with Gasteiger partial charge in [-0.15, -0.1) is 0 Å². The zero-order valence-electron chi connectivity index (χ0n) is 13.0. The van der Waals surface area contributed by atoms with E-state index in [0.29, 0.717) is 18.1 Å². The second-order valence-corrected chi connectivity index (χ2v) is 7.04. The van der Waals surface area contributed by atoms with Gasteiger partial charge in [-0.2, -0.15) is 0 Å². The summed E-state index contributed by atoms with van der Waals surface area (Å²) >= 11 is 0. The van der Waals surface area contributed by atoms with E-state index in [1.54, 1.807) is 0 Å². The van der Waals surface area contributed by atoms with Crippen LogP contribution in [-0.2, 0) is 0 Å². The van der Waals surface area contributed by atoms with Crippen LogP contribution in [0.25, 0.3) is 0 Å². The van der Waals surface area contributed by atoms with Gasteiger partial charge in [0.25, 0.3) is 0 Å². The second kappa shape index (κ2) is 6.08. The van der Waals surface area contributed by atoms with Crippen LogP contribution in [-0.4, -0.2) is 72.4 Å². The summed E-state index contributed by atoms with van der Waals surface area (Å²) in [5.41, 5.74) is -0.0327. The number of hydrogen-bond acceptors (Lipinski definition) is 4. The summed E-state index contributed by atoms with van der Waals surface area (Å²) in [5.74, 6) is 0. The van der Waals surface area contributed by atoms with Gasteiger partial charge in [-0.3, -0.25) is 4.90 Å². The molecule has 1 saturated heterocycles. The van der Waals surface area contributed by atoms with Gasteiger partial charge in [0.1, 0.15) is 0 Å². The van der Waals surface area contributed by atoms with Crippen LogP contribution in [0.15, 0.2) is 0 Å². The van der Waals surface area contributed by atoms with Crippen LogP contribution in [0, 0.1) is 0 Å². The maximum absolute atomic E-state index is 9.78. The molecule has 0 amide bonds. The van der Waals surface area contributed by atoms with Gasteiger partial charge >= 0.3 is 0 Å². The average Bonchev–Trinajstić information content (AvgIpc) is 2.94. The predicted octanol–water partition coefficient (Wildman–Crippen LogP) is 0.904. The molecular formula is C15H31N3O. The molecule has 3 unspecified atom stereocenters. The van der Waals surface area contributed by atoms with Crippen LogP contribution < -0.4 is 5.32 Å². The molecule has 1 heterocycles. The van der Waals surface area contributed by atoms with Gasteiger partial charge < -0.3 is 15.3 Å². The molecule has 4 heteroatoms. The van der Waals surface area contributed by atoms with E-state index >= 15 is 0 Å². The molecule has 0 aromatic carbocycles. The Balaban J connectivity index is 1.91. The summed E-state index contributed by atoms with van der Waals surface area (Å²) in [6.45, 7) is 7.02. The first-order valence-electron chi connectivity index (χ1n) is 7.75.